The van der Waals surface area contributed by atoms with Crippen molar-refractivity contribution >= 4 is 12.9 Å². The van der Waals surface area contributed by atoms with Gasteiger partial charge in [-0.25, -0.2) is 0 Å². The van der Waals surface area contributed by atoms with E-state index in [-0.39, 0.29) is 6.10 Å². The standard InChI is InChI=1S/C14H27BN2O3/c1-10(19-7)8-17-9-12(11(2)16-17)15-20-14(5,6)13(3,4)18/h9-10,15,18H,8H2,1-7H3. The minimum Gasteiger partial charge on any atom is -0.427 e. The third-order valence-electron chi connectivity index (χ3n) is 3.96. The molecule has 0 amide bonds. The third kappa shape index (κ3) is 4.33. The Hall–Kier alpha value is -0.845. The Bertz CT molecular complexity index is 438. The first-order chi connectivity index (χ1) is 9.06. The summed E-state index contributed by atoms with van der Waals surface area (Å²) in [5.74, 6) is 0. The van der Waals surface area contributed by atoms with Crippen molar-refractivity contribution in [3.8, 4) is 0 Å². The van der Waals surface area contributed by atoms with E-state index >= 15 is 0 Å². The summed E-state index contributed by atoms with van der Waals surface area (Å²) in [6.45, 7) is 12.0. The van der Waals surface area contributed by atoms with Crippen LogP contribution in [0, 0.1) is 6.92 Å². The number of hydrogen-bond donors (Lipinski definition) is 1. The summed E-state index contributed by atoms with van der Waals surface area (Å²) in [7, 11) is 2.13. The zero-order chi connectivity index (χ0) is 15.6. The van der Waals surface area contributed by atoms with Gasteiger partial charge in [-0.2, -0.15) is 5.10 Å². The predicted molar refractivity (Wildman–Crippen MR) is 81.7 cm³/mol. The average Bonchev–Trinajstić information content (AvgIpc) is 2.65. The number of rotatable bonds is 7. The number of aromatic nitrogens is 2. The molecule has 5 nitrogen and oxygen atoms in total. The Morgan fingerprint density at radius 2 is 2.00 bits per heavy atom. The smallest absolute Gasteiger partial charge is 0.312 e. The van der Waals surface area contributed by atoms with Gasteiger partial charge in [0.15, 0.2) is 0 Å². The van der Waals surface area contributed by atoms with E-state index in [1.807, 2.05) is 38.6 Å². The highest BCUT2D eigenvalue weighted by atomic mass is 16.5. The minimum absolute atomic E-state index is 0.121. The minimum atomic E-state index is -0.901. The van der Waals surface area contributed by atoms with Gasteiger partial charge in [-0.15, -0.1) is 0 Å². The van der Waals surface area contributed by atoms with Crippen LogP contribution < -0.4 is 5.46 Å². The molecule has 0 aliphatic rings. The summed E-state index contributed by atoms with van der Waals surface area (Å²) >= 11 is 0. The summed E-state index contributed by atoms with van der Waals surface area (Å²) < 4.78 is 13.0. The molecule has 0 bridgehead atoms. The molecule has 20 heavy (non-hydrogen) atoms. The van der Waals surface area contributed by atoms with E-state index in [0.717, 1.165) is 11.2 Å². The van der Waals surface area contributed by atoms with Crippen LogP contribution in [-0.2, 0) is 15.9 Å². The second kappa shape index (κ2) is 6.29. The van der Waals surface area contributed by atoms with E-state index < -0.39 is 11.2 Å². The fourth-order valence-electron chi connectivity index (χ4n) is 1.57. The molecule has 1 aromatic heterocycles. The fourth-order valence-corrected chi connectivity index (χ4v) is 1.57. The van der Waals surface area contributed by atoms with Gasteiger partial charge in [-0.1, -0.05) is 0 Å². The number of aliphatic hydroxyl groups is 1. The highest BCUT2D eigenvalue weighted by Gasteiger charge is 2.35. The summed E-state index contributed by atoms with van der Waals surface area (Å²) in [6, 6.07) is 0. The van der Waals surface area contributed by atoms with Crippen LogP contribution in [0.25, 0.3) is 0 Å². The van der Waals surface area contributed by atoms with Crippen LogP contribution in [0.5, 0.6) is 0 Å². The summed E-state index contributed by atoms with van der Waals surface area (Å²) in [5.41, 5.74) is 0.452. The summed E-state index contributed by atoms with van der Waals surface area (Å²) in [6.07, 6.45) is 2.10. The van der Waals surface area contributed by atoms with Crippen LogP contribution in [-0.4, -0.2) is 46.8 Å². The molecule has 0 aliphatic carbocycles. The van der Waals surface area contributed by atoms with Crippen molar-refractivity contribution in [2.75, 3.05) is 7.11 Å². The second-order valence-corrected chi connectivity index (χ2v) is 6.37. The maximum atomic E-state index is 10.1. The molecule has 1 atom stereocenters. The van der Waals surface area contributed by atoms with Gasteiger partial charge in [0.05, 0.1) is 29.5 Å². The Morgan fingerprint density at radius 3 is 2.50 bits per heavy atom. The topological polar surface area (TPSA) is 56.5 Å². The molecule has 1 heterocycles. The van der Waals surface area contributed by atoms with E-state index in [0.29, 0.717) is 14.0 Å². The van der Waals surface area contributed by atoms with Gasteiger partial charge in [0, 0.05) is 13.3 Å². The molecule has 1 N–H and O–H groups in total. The Balaban J connectivity index is 2.70. The molecule has 0 aromatic carbocycles. The predicted octanol–water partition coefficient (Wildman–Crippen LogP) is 0.769. The van der Waals surface area contributed by atoms with Crippen LogP contribution in [0.2, 0.25) is 0 Å². The average molecular weight is 282 g/mol. The molecule has 0 radical (unpaired) electrons. The van der Waals surface area contributed by atoms with Gasteiger partial charge in [0.25, 0.3) is 0 Å². The molecular weight excluding hydrogens is 255 g/mol. The summed E-state index contributed by atoms with van der Waals surface area (Å²) in [5, 5.41) is 14.5. The molecular formula is C14H27BN2O3. The lowest BCUT2D eigenvalue weighted by Gasteiger charge is -2.37. The SMILES string of the molecule is COC(C)Cn1cc(BOC(C)(C)C(C)(C)O)c(C)n1. The van der Waals surface area contributed by atoms with Crippen molar-refractivity contribution in [1.82, 2.24) is 9.78 Å². The van der Waals surface area contributed by atoms with Gasteiger partial charge in [0.1, 0.15) is 0 Å². The van der Waals surface area contributed by atoms with E-state index in [1.165, 1.54) is 0 Å². The number of nitrogens with zero attached hydrogens (tertiary/aromatic N) is 2. The van der Waals surface area contributed by atoms with Crippen LogP contribution in [0.3, 0.4) is 0 Å². The normalized spacial score (nSPS) is 14.4. The second-order valence-electron chi connectivity index (χ2n) is 6.37. The van der Waals surface area contributed by atoms with E-state index in [1.54, 1.807) is 21.0 Å². The number of ether oxygens (including phenoxy) is 1. The lowest BCUT2D eigenvalue weighted by Crippen LogP contribution is -2.49. The zero-order valence-corrected chi connectivity index (χ0v) is 13.7. The first kappa shape index (κ1) is 17.2. The number of methoxy groups -OCH3 is 1. The molecule has 0 saturated carbocycles. The van der Waals surface area contributed by atoms with Crippen molar-refractivity contribution in [1.29, 1.82) is 0 Å². The third-order valence-corrected chi connectivity index (χ3v) is 3.96. The fraction of sp³-hybridized carbons (Fsp3) is 0.786. The highest BCUT2D eigenvalue weighted by molar-refractivity contribution is 6.47. The molecule has 0 saturated heterocycles. The molecule has 0 fully saturated rings. The quantitative estimate of drug-likeness (QED) is 0.751. The first-order valence-electron chi connectivity index (χ1n) is 6.99. The zero-order valence-electron chi connectivity index (χ0n) is 13.7. The van der Waals surface area contributed by atoms with Gasteiger partial charge in [-0.05, 0) is 47.0 Å². The van der Waals surface area contributed by atoms with Crippen molar-refractivity contribution in [2.24, 2.45) is 0 Å². The molecule has 6 heteroatoms. The van der Waals surface area contributed by atoms with Crippen molar-refractivity contribution in [2.45, 2.75) is 65.4 Å². The highest BCUT2D eigenvalue weighted by Crippen LogP contribution is 2.24. The van der Waals surface area contributed by atoms with Crippen LogP contribution in [0.1, 0.15) is 40.3 Å². The van der Waals surface area contributed by atoms with Crippen LogP contribution in [0.4, 0.5) is 0 Å². The first-order valence-corrected chi connectivity index (χ1v) is 6.99. The van der Waals surface area contributed by atoms with E-state index in [2.05, 4.69) is 5.10 Å². The maximum absolute atomic E-state index is 10.1. The van der Waals surface area contributed by atoms with Crippen LogP contribution >= 0.6 is 0 Å². The lowest BCUT2D eigenvalue weighted by atomic mass is 9.83. The van der Waals surface area contributed by atoms with E-state index in [9.17, 15) is 5.11 Å². The van der Waals surface area contributed by atoms with Gasteiger partial charge >= 0.3 is 7.48 Å². The van der Waals surface area contributed by atoms with Gasteiger partial charge in [-0.3, -0.25) is 4.68 Å². The number of hydrogen-bond acceptors (Lipinski definition) is 4. The largest absolute Gasteiger partial charge is 0.427 e. The Kier molecular flexibility index (Phi) is 5.41. The van der Waals surface area contributed by atoms with Crippen molar-refractivity contribution in [3.05, 3.63) is 11.9 Å². The van der Waals surface area contributed by atoms with Crippen molar-refractivity contribution in [3.63, 3.8) is 0 Å². The Morgan fingerprint density at radius 1 is 1.40 bits per heavy atom. The maximum Gasteiger partial charge on any atom is 0.312 e. The van der Waals surface area contributed by atoms with Gasteiger partial charge in [0.2, 0.25) is 0 Å². The van der Waals surface area contributed by atoms with Crippen molar-refractivity contribution < 1.29 is 14.5 Å². The number of aryl methyl sites for hydroxylation is 1. The molecule has 1 aromatic rings. The van der Waals surface area contributed by atoms with E-state index in [4.69, 9.17) is 9.39 Å². The summed E-state index contributed by atoms with van der Waals surface area (Å²) in [4.78, 5) is 0. The van der Waals surface area contributed by atoms with Gasteiger partial charge < -0.3 is 14.5 Å². The molecule has 0 aliphatic heterocycles. The molecule has 0 spiro atoms. The van der Waals surface area contributed by atoms with Crippen LogP contribution in [0.15, 0.2) is 6.20 Å². The monoisotopic (exact) mass is 282 g/mol. The molecule has 1 rings (SSSR count). The Labute approximate surface area is 122 Å². The molecule has 1 unspecified atom stereocenters. The molecule has 114 valence electrons. The lowest BCUT2D eigenvalue weighted by molar-refractivity contribution is -0.0893.